The van der Waals surface area contributed by atoms with Gasteiger partial charge >= 0.3 is 0 Å². The van der Waals surface area contributed by atoms with E-state index in [1.807, 2.05) is 0 Å². The van der Waals surface area contributed by atoms with Crippen molar-refractivity contribution in [2.75, 3.05) is 13.1 Å². The number of hydrogen-bond acceptors (Lipinski definition) is 2. The second-order valence-corrected chi connectivity index (χ2v) is 3.69. The maximum absolute atomic E-state index is 13.1. The number of terminal acetylenes is 1. The van der Waals surface area contributed by atoms with E-state index in [0.717, 1.165) is 0 Å². The molecular formula is C9H13F2N3. The number of nitrogens with zero attached hydrogens (tertiary/aromatic N) is 1. The first-order valence-electron chi connectivity index (χ1n) is 4.25. The fourth-order valence-corrected chi connectivity index (χ4v) is 1.69. The molecular weight excluding hydrogens is 188 g/mol. The van der Waals surface area contributed by atoms with E-state index in [1.165, 1.54) is 11.8 Å². The lowest BCUT2D eigenvalue weighted by atomic mass is 9.99. The highest BCUT2D eigenvalue weighted by Gasteiger charge is 2.52. The van der Waals surface area contributed by atoms with Crippen LogP contribution < -0.4 is 5.73 Å². The predicted molar refractivity (Wildman–Crippen MR) is 50.3 cm³/mol. The van der Waals surface area contributed by atoms with Gasteiger partial charge in [-0.15, -0.1) is 6.42 Å². The summed E-state index contributed by atoms with van der Waals surface area (Å²) in [7, 11) is 0. The molecule has 1 aliphatic rings. The lowest BCUT2D eigenvalue weighted by Crippen LogP contribution is -2.46. The second kappa shape index (κ2) is 3.21. The number of likely N-dealkylation sites (tertiary alicyclic amines) is 1. The topological polar surface area (TPSA) is 53.1 Å². The van der Waals surface area contributed by atoms with E-state index in [4.69, 9.17) is 17.6 Å². The molecule has 1 saturated heterocycles. The van der Waals surface area contributed by atoms with Crippen molar-refractivity contribution in [1.29, 1.82) is 5.41 Å². The van der Waals surface area contributed by atoms with E-state index in [9.17, 15) is 8.78 Å². The Kier molecular flexibility index (Phi) is 2.50. The average molecular weight is 201 g/mol. The van der Waals surface area contributed by atoms with Gasteiger partial charge in [0.25, 0.3) is 5.92 Å². The van der Waals surface area contributed by atoms with E-state index in [1.54, 1.807) is 0 Å². The zero-order valence-electron chi connectivity index (χ0n) is 7.98. The lowest BCUT2D eigenvalue weighted by molar-refractivity contribution is 0.0156. The van der Waals surface area contributed by atoms with Gasteiger partial charge in [0.1, 0.15) is 11.4 Å². The largest absolute Gasteiger partial charge is 0.337 e. The lowest BCUT2D eigenvalue weighted by Gasteiger charge is -2.31. The second-order valence-electron chi connectivity index (χ2n) is 3.69. The molecule has 1 aliphatic heterocycles. The third-order valence-corrected chi connectivity index (χ3v) is 2.42. The number of amidine groups is 1. The summed E-state index contributed by atoms with van der Waals surface area (Å²) in [6.45, 7) is 0.940. The van der Waals surface area contributed by atoms with Gasteiger partial charge in [0.15, 0.2) is 0 Å². The van der Waals surface area contributed by atoms with Gasteiger partial charge in [0, 0.05) is 6.42 Å². The van der Waals surface area contributed by atoms with E-state index < -0.39 is 24.4 Å². The van der Waals surface area contributed by atoms with Crippen molar-refractivity contribution < 1.29 is 8.78 Å². The van der Waals surface area contributed by atoms with Crippen LogP contribution in [0.15, 0.2) is 0 Å². The van der Waals surface area contributed by atoms with E-state index in [0.29, 0.717) is 0 Å². The molecule has 0 radical (unpaired) electrons. The highest BCUT2D eigenvalue weighted by molar-refractivity contribution is 5.82. The van der Waals surface area contributed by atoms with Crippen LogP contribution in [0.4, 0.5) is 8.78 Å². The molecule has 3 nitrogen and oxygen atoms in total. The molecule has 0 aromatic heterocycles. The van der Waals surface area contributed by atoms with Crippen LogP contribution >= 0.6 is 0 Å². The average Bonchev–Trinajstić information content (AvgIpc) is 2.36. The summed E-state index contributed by atoms with van der Waals surface area (Å²) in [4.78, 5) is 1.20. The van der Waals surface area contributed by atoms with Crippen LogP contribution in [0, 0.1) is 17.8 Å². The minimum absolute atomic E-state index is 0.0392. The first-order chi connectivity index (χ1) is 6.34. The molecule has 0 spiro atoms. The molecule has 0 aliphatic carbocycles. The molecule has 1 rings (SSSR count). The third-order valence-electron chi connectivity index (χ3n) is 2.42. The maximum atomic E-state index is 13.1. The van der Waals surface area contributed by atoms with Gasteiger partial charge in [-0.1, -0.05) is 5.92 Å². The SMILES string of the molecule is C#CC1(C)CC(F)(F)CN1C(=N)CN. The van der Waals surface area contributed by atoms with Crippen molar-refractivity contribution in [3.05, 3.63) is 0 Å². The molecule has 0 amide bonds. The molecule has 0 aromatic rings. The van der Waals surface area contributed by atoms with Crippen LogP contribution in [0.1, 0.15) is 13.3 Å². The Morgan fingerprint density at radius 3 is 2.71 bits per heavy atom. The zero-order valence-corrected chi connectivity index (χ0v) is 7.98. The van der Waals surface area contributed by atoms with Gasteiger partial charge in [0.05, 0.1) is 13.1 Å². The zero-order chi connectivity index (χ0) is 11.0. The Morgan fingerprint density at radius 1 is 1.71 bits per heavy atom. The minimum atomic E-state index is -2.83. The predicted octanol–water partition coefficient (Wildman–Crippen LogP) is 0.655. The fraction of sp³-hybridized carbons (Fsp3) is 0.667. The number of alkyl halides is 2. The summed E-state index contributed by atoms with van der Waals surface area (Å²) in [5.74, 6) is -0.559. The van der Waals surface area contributed by atoms with Crippen molar-refractivity contribution in [2.45, 2.75) is 24.8 Å². The molecule has 0 aromatic carbocycles. The third kappa shape index (κ3) is 1.70. The molecule has 3 N–H and O–H groups in total. The van der Waals surface area contributed by atoms with E-state index in [2.05, 4.69) is 5.92 Å². The van der Waals surface area contributed by atoms with Crippen molar-refractivity contribution in [2.24, 2.45) is 5.73 Å². The van der Waals surface area contributed by atoms with E-state index in [-0.39, 0.29) is 12.4 Å². The molecule has 1 heterocycles. The number of nitrogens with two attached hydrogens (primary N) is 1. The molecule has 5 heteroatoms. The summed E-state index contributed by atoms with van der Waals surface area (Å²) in [5, 5.41) is 7.44. The molecule has 1 fully saturated rings. The quantitative estimate of drug-likeness (QED) is 0.372. The summed E-state index contributed by atoms with van der Waals surface area (Å²) in [5.41, 5.74) is 4.15. The van der Waals surface area contributed by atoms with Crippen molar-refractivity contribution in [3.8, 4) is 12.3 Å². The van der Waals surface area contributed by atoms with Crippen LogP contribution in [0.3, 0.4) is 0 Å². The van der Waals surface area contributed by atoms with Gasteiger partial charge < -0.3 is 10.6 Å². The van der Waals surface area contributed by atoms with Crippen LogP contribution in [0.25, 0.3) is 0 Å². The minimum Gasteiger partial charge on any atom is -0.337 e. The van der Waals surface area contributed by atoms with Crippen LogP contribution in [-0.4, -0.2) is 35.3 Å². The van der Waals surface area contributed by atoms with Gasteiger partial charge in [-0.05, 0) is 6.92 Å². The van der Waals surface area contributed by atoms with Crippen LogP contribution in [0.5, 0.6) is 0 Å². The number of rotatable bonds is 1. The number of nitrogens with one attached hydrogen (secondary N) is 1. The van der Waals surface area contributed by atoms with Crippen LogP contribution in [-0.2, 0) is 0 Å². The summed E-state index contributed by atoms with van der Waals surface area (Å²) in [6.07, 6.45) is 4.79. The molecule has 1 unspecified atom stereocenters. The van der Waals surface area contributed by atoms with Crippen LogP contribution in [0.2, 0.25) is 0 Å². The maximum Gasteiger partial charge on any atom is 0.268 e. The standard InChI is InChI=1S/C9H13F2N3/c1-3-8(2)5-9(10,11)6-14(8)7(13)4-12/h1,13H,4-6,12H2,2H3. The van der Waals surface area contributed by atoms with Crippen molar-refractivity contribution >= 4 is 5.84 Å². The molecule has 0 bridgehead atoms. The molecule has 1 atom stereocenters. The number of halogens is 2. The summed E-state index contributed by atoms with van der Waals surface area (Å²) >= 11 is 0. The van der Waals surface area contributed by atoms with Gasteiger partial charge in [-0.2, -0.15) is 0 Å². The molecule has 14 heavy (non-hydrogen) atoms. The highest BCUT2D eigenvalue weighted by Crippen LogP contribution is 2.38. The van der Waals surface area contributed by atoms with Crippen molar-refractivity contribution in [1.82, 2.24) is 4.90 Å². The summed E-state index contributed by atoms with van der Waals surface area (Å²) < 4.78 is 26.2. The molecule has 0 saturated carbocycles. The molecule has 78 valence electrons. The smallest absolute Gasteiger partial charge is 0.268 e. The van der Waals surface area contributed by atoms with Gasteiger partial charge in [0.2, 0.25) is 0 Å². The van der Waals surface area contributed by atoms with Crippen molar-refractivity contribution in [3.63, 3.8) is 0 Å². The Balaban J connectivity index is 2.96. The number of hydrogen-bond donors (Lipinski definition) is 2. The normalized spacial score (nSPS) is 30.1. The Bertz CT molecular complexity index is 295. The first kappa shape index (κ1) is 10.9. The Morgan fingerprint density at radius 2 is 2.29 bits per heavy atom. The highest BCUT2D eigenvalue weighted by atomic mass is 19.3. The van der Waals surface area contributed by atoms with E-state index >= 15 is 0 Å². The van der Waals surface area contributed by atoms with Gasteiger partial charge in [-0.3, -0.25) is 5.41 Å². The monoisotopic (exact) mass is 201 g/mol. The Labute approximate surface area is 81.8 Å². The Hall–Kier alpha value is -1.15. The fourth-order valence-electron chi connectivity index (χ4n) is 1.69. The first-order valence-corrected chi connectivity index (χ1v) is 4.25. The summed E-state index contributed by atoms with van der Waals surface area (Å²) in [6, 6.07) is 0. The van der Waals surface area contributed by atoms with Gasteiger partial charge in [-0.25, -0.2) is 8.78 Å².